The number of amides is 2. The van der Waals surface area contributed by atoms with Crippen LogP contribution in [0.25, 0.3) is 0 Å². The lowest BCUT2D eigenvalue weighted by Gasteiger charge is -2.23. The first-order valence-electron chi connectivity index (χ1n) is 7.30. The number of hydrogen-bond donors (Lipinski definition) is 3. The van der Waals surface area contributed by atoms with Crippen LogP contribution in [0.2, 0.25) is 0 Å². The van der Waals surface area contributed by atoms with Crippen molar-refractivity contribution < 1.29 is 4.79 Å². The average molecular weight is 277 g/mol. The smallest absolute Gasteiger partial charge is 0.316 e. The molecule has 4 N–H and O–H groups in total. The van der Waals surface area contributed by atoms with E-state index in [4.69, 9.17) is 5.73 Å². The standard InChI is InChI=1S/C16H27N3O/c1-11(2)8-15(9-12(3)4)18-13-6-5-7-14(10-13)19-16(17)20/h5-7,10-12,15,18H,8-9H2,1-4H3,(H3,17,19,20). The van der Waals surface area contributed by atoms with Gasteiger partial charge in [0.25, 0.3) is 0 Å². The van der Waals surface area contributed by atoms with Gasteiger partial charge in [-0.1, -0.05) is 33.8 Å². The minimum atomic E-state index is -0.539. The van der Waals surface area contributed by atoms with Crippen molar-refractivity contribution in [3.63, 3.8) is 0 Å². The Labute approximate surface area is 122 Å². The van der Waals surface area contributed by atoms with Gasteiger partial charge in [0.2, 0.25) is 0 Å². The second kappa shape index (κ2) is 7.78. The number of carbonyl (C=O) groups excluding carboxylic acids is 1. The van der Waals surface area contributed by atoms with Gasteiger partial charge in [0.1, 0.15) is 0 Å². The van der Waals surface area contributed by atoms with Crippen LogP contribution < -0.4 is 16.4 Å². The molecule has 0 atom stereocenters. The van der Waals surface area contributed by atoms with Crippen LogP contribution in [-0.2, 0) is 0 Å². The Bertz CT molecular complexity index is 419. The molecule has 1 aromatic rings. The van der Waals surface area contributed by atoms with Gasteiger partial charge in [-0.05, 0) is 42.9 Å². The van der Waals surface area contributed by atoms with Crippen LogP contribution in [0.15, 0.2) is 24.3 Å². The Balaban J connectivity index is 2.73. The molecule has 0 fully saturated rings. The normalized spacial score (nSPS) is 11.2. The Morgan fingerprint density at radius 3 is 2.15 bits per heavy atom. The zero-order valence-corrected chi connectivity index (χ0v) is 12.9. The minimum absolute atomic E-state index is 0.443. The first kappa shape index (κ1) is 16.3. The number of hydrogen-bond acceptors (Lipinski definition) is 2. The predicted octanol–water partition coefficient (Wildman–Crippen LogP) is 4.05. The second-order valence-electron chi connectivity index (χ2n) is 6.17. The molecular formula is C16H27N3O. The second-order valence-corrected chi connectivity index (χ2v) is 6.17. The summed E-state index contributed by atoms with van der Waals surface area (Å²) in [5.74, 6) is 1.30. The largest absolute Gasteiger partial charge is 0.382 e. The highest BCUT2D eigenvalue weighted by Crippen LogP contribution is 2.21. The van der Waals surface area contributed by atoms with Gasteiger partial charge in [0, 0.05) is 17.4 Å². The highest BCUT2D eigenvalue weighted by atomic mass is 16.2. The molecule has 0 unspecified atom stereocenters. The van der Waals surface area contributed by atoms with Crippen LogP contribution in [0, 0.1) is 11.8 Å². The van der Waals surface area contributed by atoms with Gasteiger partial charge in [-0.15, -0.1) is 0 Å². The lowest BCUT2D eigenvalue weighted by molar-refractivity contribution is 0.259. The summed E-state index contributed by atoms with van der Waals surface area (Å²) >= 11 is 0. The van der Waals surface area contributed by atoms with Crippen LogP contribution >= 0.6 is 0 Å². The zero-order valence-electron chi connectivity index (χ0n) is 12.9. The number of primary amides is 1. The zero-order chi connectivity index (χ0) is 15.1. The third-order valence-corrected chi connectivity index (χ3v) is 3.01. The fourth-order valence-electron chi connectivity index (χ4n) is 2.42. The van der Waals surface area contributed by atoms with Gasteiger partial charge in [0.05, 0.1) is 0 Å². The molecule has 0 aliphatic carbocycles. The fraction of sp³-hybridized carbons (Fsp3) is 0.562. The monoisotopic (exact) mass is 277 g/mol. The van der Waals surface area contributed by atoms with Crippen LogP contribution in [0.5, 0.6) is 0 Å². The summed E-state index contributed by atoms with van der Waals surface area (Å²) in [5.41, 5.74) is 6.87. The maximum atomic E-state index is 10.9. The van der Waals surface area contributed by atoms with Gasteiger partial charge < -0.3 is 16.4 Å². The number of urea groups is 1. The Hall–Kier alpha value is -1.71. The number of benzene rings is 1. The van der Waals surface area contributed by atoms with E-state index < -0.39 is 6.03 Å². The quantitative estimate of drug-likeness (QED) is 0.704. The molecule has 0 saturated heterocycles. The number of nitrogens with one attached hydrogen (secondary N) is 2. The molecule has 0 aliphatic rings. The van der Waals surface area contributed by atoms with Crippen molar-refractivity contribution in [1.29, 1.82) is 0 Å². The van der Waals surface area contributed by atoms with E-state index in [1.807, 2.05) is 24.3 Å². The van der Waals surface area contributed by atoms with Crippen LogP contribution in [0.4, 0.5) is 16.2 Å². The number of carbonyl (C=O) groups is 1. The van der Waals surface area contributed by atoms with E-state index in [0.29, 0.717) is 17.9 Å². The van der Waals surface area contributed by atoms with E-state index in [1.54, 1.807) is 0 Å². The third kappa shape index (κ3) is 6.45. The molecule has 0 aliphatic heterocycles. The Morgan fingerprint density at radius 1 is 1.10 bits per heavy atom. The Morgan fingerprint density at radius 2 is 1.65 bits per heavy atom. The van der Waals surface area contributed by atoms with Crippen molar-refractivity contribution in [3.05, 3.63) is 24.3 Å². The number of nitrogens with two attached hydrogens (primary N) is 1. The summed E-state index contributed by atoms with van der Waals surface area (Å²) in [4.78, 5) is 10.9. The predicted molar refractivity (Wildman–Crippen MR) is 86.0 cm³/mol. The van der Waals surface area contributed by atoms with Crippen LogP contribution in [-0.4, -0.2) is 12.1 Å². The summed E-state index contributed by atoms with van der Waals surface area (Å²) in [6.07, 6.45) is 2.26. The molecule has 1 aromatic carbocycles. The highest BCUT2D eigenvalue weighted by Gasteiger charge is 2.13. The molecule has 0 aromatic heterocycles. The molecule has 0 bridgehead atoms. The van der Waals surface area contributed by atoms with Gasteiger partial charge in [-0.3, -0.25) is 0 Å². The molecule has 1 rings (SSSR count). The fourth-order valence-corrected chi connectivity index (χ4v) is 2.42. The van der Waals surface area contributed by atoms with Crippen molar-refractivity contribution >= 4 is 17.4 Å². The first-order chi connectivity index (χ1) is 9.36. The third-order valence-electron chi connectivity index (χ3n) is 3.01. The summed E-state index contributed by atoms with van der Waals surface area (Å²) in [6, 6.07) is 7.57. The lowest BCUT2D eigenvalue weighted by Crippen LogP contribution is -2.24. The van der Waals surface area contributed by atoms with Crippen molar-refractivity contribution in [1.82, 2.24) is 0 Å². The van der Waals surface area contributed by atoms with Crippen molar-refractivity contribution in [3.8, 4) is 0 Å². The molecule has 4 heteroatoms. The van der Waals surface area contributed by atoms with E-state index in [-0.39, 0.29) is 0 Å². The van der Waals surface area contributed by atoms with E-state index in [1.165, 1.54) is 0 Å². The topological polar surface area (TPSA) is 67.2 Å². The number of anilines is 2. The highest BCUT2D eigenvalue weighted by molar-refractivity contribution is 5.88. The van der Waals surface area contributed by atoms with E-state index in [9.17, 15) is 4.79 Å². The first-order valence-corrected chi connectivity index (χ1v) is 7.30. The molecule has 0 saturated carbocycles. The summed E-state index contributed by atoms with van der Waals surface area (Å²) < 4.78 is 0. The van der Waals surface area contributed by atoms with Gasteiger partial charge in [-0.25, -0.2) is 4.79 Å². The van der Waals surface area contributed by atoms with E-state index in [0.717, 1.165) is 24.2 Å². The van der Waals surface area contributed by atoms with E-state index in [2.05, 4.69) is 38.3 Å². The molecule has 0 heterocycles. The van der Waals surface area contributed by atoms with Crippen molar-refractivity contribution in [2.24, 2.45) is 17.6 Å². The van der Waals surface area contributed by atoms with Gasteiger partial charge >= 0.3 is 6.03 Å². The van der Waals surface area contributed by atoms with Gasteiger partial charge in [0.15, 0.2) is 0 Å². The molecular weight excluding hydrogens is 250 g/mol. The minimum Gasteiger partial charge on any atom is -0.382 e. The van der Waals surface area contributed by atoms with E-state index >= 15 is 0 Å². The van der Waals surface area contributed by atoms with Crippen LogP contribution in [0.3, 0.4) is 0 Å². The maximum Gasteiger partial charge on any atom is 0.316 e. The SMILES string of the molecule is CC(C)CC(CC(C)C)Nc1cccc(NC(N)=O)c1. The molecule has 112 valence electrons. The lowest BCUT2D eigenvalue weighted by atomic mass is 9.95. The maximum absolute atomic E-state index is 10.9. The Kier molecular flexibility index (Phi) is 6.36. The molecule has 4 nitrogen and oxygen atoms in total. The molecule has 2 amide bonds. The van der Waals surface area contributed by atoms with Crippen molar-refractivity contribution in [2.75, 3.05) is 10.6 Å². The number of rotatable bonds is 7. The van der Waals surface area contributed by atoms with Crippen LogP contribution in [0.1, 0.15) is 40.5 Å². The summed E-state index contributed by atoms with van der Waals surface area (Å²) in [5, 5.41) is 6.16. The molecule has 20 heavy (non-hydrogen) atoms. The van der Waals surface area contributed by atoms with Gasteiger partial charge in [-0.2, -0.15) is 0 Å². The summed E-state index contributed by atoms with van der Waals surface area (Å²) in [7, 11) is 0. The van der Waals surface area contributed by atoms with Crippen molar-refractivity contribution in [2.45, 2.75) is 46.6 Å². The summed E-state index contributed by atoms with van der Waals surface area (Å²) in [6.45, 7) is 8.94. The molecule has 0 radical (unpaired) electrons. The molecule has 0 spiro atoms. The average Bonchev–Trinajstić information content (AvgIpc) is 2.26.